The maximum atomic E-state index is 11.4. The van der Waals surface area contributed by atoms with Crippen molar-refractivity contribution in [2.24, 2.45) is 10.8 Å². The molecule has 3 saturated carbocycles. The number of amides is 4. The van der Waals surface area contributed by atoms with Crippen molar-refractivity contribution < 1.29 is 28.7 Å². The first-order chi connectivity index (χ1) is 12.9. The molecule has 8 nitrogen and oxygen atoms in total. The van der Waals surface area contributed by atoms with Gasteiger partial charge in [0, 0.05) is 24.3 Å². The molecule has 3 fully saturated rings. The summed E-state index contributed by atoms with van der Waals surface area (Å²) in [5.41, 5.74) is 0.427. The number of hydrogen-bond acceptors (Lipinski definition) is 6. The Bertz CT molecular complexity index is 640. The third-order valence-electron chi connectivity index (χ3n) is 5.79. The van der Waals surface area contributed by atoms with Crippen LogP contribution in [0.3, 0.4) is 0 Å². The van der Waals surface area contributed by atoms with Crippen LogP contribution in [0, 0.1) is 10.8 Å². The highest BCUT2D eigenvalue weighted by Gasteiger charge is 2.67. The normalized spacial score (nSPS) is 31.1. The van der Waals surface area contributed by atoms with Gasteiger partial charge in [0.2, 0.25) is 0 Å². The third-order valence-corrected chi connectivity index (χ3v) is 5.79. The fourth-order valence-corrected chi connectivity index (χ4v) is 4.73. The van der Waals surface area contributed by atoms with Crippen LogP contribution in [0.1, 0.15) is 19.3 Å². The Hall–Kier alpha value is -2.32. The summed E-state index contributed by atoms with van der Waals surface area (Å²) in [5, 5.41) is 0. The van der Waals surface area contributed by atoms with Crippen LogP contribution >= 0.6 is 0 Å². The van der Waals surface area contributed by atoms with Gasteiger partial charge in [0.1, 0.15) is 0 Å². The van der Waals surface area contributed by atoms with Gasteiger partial charge >= 0.3 is 0 Å². The Balaban J connectivity index is 1.07. The van der Waals surface area contributed by atoms with Gasteiger partial charge in [-0.05, 0) is 30.1 Å². The van der Waals surface area contributed by atoms with Crippen molar-refractivity contribution in [1.29, 1.82) is 0 Å². The molecule has 8 heteroatoms. The van der Waals surface area contributed by atoms with Crippen molar-refractivity contribution >= 4 is 23.6 Å². The Labute approximate surface area is 156 Å². The minimum Gasteiger partial charge on any atom is -0.379 e. The molecule has 5 aliphatic rings. The fourth-order valence-electron chi connectivity index (χ4n) is 4.73. The first-order valence-electron chi connectivity index (χ1n) is 9.15. The topological polar surface area (TPSA) is 93.2 Å². The van der Waals surface area contributed by atoms with Gasteiger partial charge < -0.3 is 9.47 Å². The average Bonchev–Trinajstić information content (AvgIpc) is 3.06. The van der Waals surface area contributed by atoms with E-state index in [1.165, 1.54) is 34.1 Å². The summed E-state index contributed by atoms with van der Waals surface area (Å²) < 4.78 is 11.4. The smallest absolute Gasteiger partial charge is 0.253 e. The summed E-state index contributed by atoms with van der Waals surface area (Å²) in [4.78, 5) is 48.1. The lowest BCUT2D eigenvalue weighted by Crippen LogP contribution is -2.65. The summed E-state index contributed by atoms with van der Waals surface area (Å²) in [5.74, 6) is -1.12. The molecular weight excluding hydrogens is 352 g/mol. The summed E-state index contributed by atoms with van der Waals surface area (Å²) in [6.07, 6.45) is 8.25. The van der Waals surface area contributed by atoms with Crippen LogP contribution in [-0.4, -0.2) is 72.9 Å². The summed E-state index contributed by atoms with van der Waals surface area (Å²) in [6.45, 7) is 2.57. The molecule has 3 aliphatic carbocycles. The quantitative estimate of drug-likeness (QED) is 0.396. The second kappa shape index (κ2) is 6.69. The highest BCUT2D eigenvalue weighted by molar-refractivity contribution is 6.13. The highest BCUT2D eigenvalue weighted by Crippen LogP contribution is 2.73. The van der Waals surface area contributed by atoms with Gasteiger partial charge in [0.15, 0.2) is 0 Å². The predicted octanol–water partition coefficient (Wildman–Crippen LogP) is 0.0399. The van der Waals surface area contributed by atoms with Crippen LogP contribution in [0.15, 0.2) is 24.3 Å². The molecule has 144 valence electrons. The lowest BCUT2D eigenvalue weighted by molar-refractivity contribution is -0.253. The minimum atomic E-state index is -0.279. The maximum Gasteiger partial charge on any atom is 0.253 e. The number of carbonyl (C=O) groups is 4. The molecule has 2 aliphatic heterocycles. The van der Waals surface area contributed by atoms with Crippen molar-refractivity contribution in [2.75, 3.05) is 39.5 Å². The first kappa shape index (κ1) is 18.1. The van der Waals surface area contributed by atoms with Crippen molar-refractivity contribution in [3.8, 4) is 0 Å². The molecule has 0 radical (unpaired) electrons. The van der Waals surface area contributed by atoms with E-state index in [1.807, 2.05) is 0 Å². The van der Waals surface area contributed by atoms with Crippen molar-refractivity contribution in [2.45, 2.75) is 19.3 Å². The number of ether oxygens (including phenoxy) is 2. The van der Waals surface area contributed by atoms with Crippen LogP contribution < -0.4 is 0 Å². The lowest BCUT2D eigenvalue weighted by Gasteiger charge is -2.70. The van der Waals surface area contributed by atoms with E-state index < -0.39 is 0 Å². The fraction of sp³-hybridized carbons (Fsp3) is 0.579. The molecule has 0 aromatic carbocycles. The molecule has 0 aromatic heterocycles. The van der Waals surface area contributed by atoms with Gasteiger partial charge in [-0.15, -0.1) is 0 Å². The number of hydrogen-bond donors (Lipinski definition) is 0. The van der Waals surface area contributed by atoms with Gasteiger partial charge in [0.25, 0.3) is 23.6 Å². The summed E-state index contributed by atoms with van der Waals surface area (Å²) in [7, 11) is 0. The van der Waals surface area contributed by atoms with E-state index in [2.05, 4.69) is 0 Å². The zero-order valence-electron chi connectivity index (χ0n) is 15.0. The Morgan fingerprint density at radius 3 is 1.33 bits per heavy atom. The third kappa shape index (κ3) is 3.35. The number of carbonyl (C=O) groups excluding carboxylic acids is 4. The van der Waals surface area contributed by atoms with Crippen LogP contribution in [0.4, 0.5) is 0 Å². The lowest BCUT2D eigenvalue weighted by atomic mass is 9.35. The molecule has 4 amide bonds. The van der Waals surface area contributed by atoms with Crippen LogP contribution in [0.2, 0.25) is 0 Å². The van der Waals surface area contributed by atoms with Gasteiger partial charge in [0.05, 0.1) is 39.5 Å². The van der Waals surface area contributed by atoms with Gasteiger partial charge in [-0.3, -0.25) is 29.0 Å². The molecule has 0 atom stereocenters. The average molecular weight is 374 g/mol. The van der Waals surface area contributed by atoms with Crippen LogP contribution in [0.5, 0.6) is 0 Å². The molecule has 2 bridgehead atoms. The summed E-state index contributed by atoms with van der Waals surface area (Å²) in [6, 6.07) is 0. The number of nitrogens with zero attached hydrogens (tertiary/aromatic N) is 2. The van der Waals surface area contributed by atoms with E-state index in [-0.39, 0.29) is 47.5 Å². The molecule has 27 heavy (non-hydrogen) atoms. The SMILES string of the molecule is O=C1C=CC(=O)N1CCOCC12CC(COCCN3C(=O)C=CC3=O)(C1)C2. The van der Waals surface area contributed by atoms with E-state index in [0.29, 0.717) is 26.4 Å². The molecule has 0 aromatic rings. The van der Waals surface area contributed by atoms with Gasteiger partial charge in [-0.25, -0.2) is 0 Å². The Morgan fingerprint density at radius 2 is 1.00 bits per heavy atom. The highest BCUT2D eigenvalue weighted by atomic mass is 16.5. The molecule has 0 unspecified atom stereocenters. The van der Waals surface area contributed by atoms with Crippen molar-refractivity contribution in [1.82, 2.24) is 9.80 Å². The van der Waals surface area contributed by atoms with Gasteiger partial charge in [-0.2, -0.15) is 0 Å². The Kier molecular flexibility index (Phi) is 4.47. The zero-order chi connectivity index (χ0) is 19.1. The van der Waals surface area contributed by atoms with Crippen LogP contribution in [-0.2, 0) is 28.7 Å². The van der Waals surface area contributed by atoms with E-state index in [1.54, 1.807) is 0 Å². The molecule has 5 rings (SSSR count). The second-order valence-corrected chi connectivity index (χ2v) is 7.96. The monoisotopic (exact) mass is 374 g/mol. The molecule has 0 saturated heterocycles. The predicted molar refractivity (Wildman–Crippen MR) is 92.1 cm³/mol. The van der Waals surface area contributed by atoms with E-state index in [4.69, 9.17) is 9.47 Å². The van der Waals surface area contributed by atoms with Crippen LogP contribution in [0.25, 0.3) is 0 Å². The largest absolute Gasteiger partial charge is 0.379 e. The minimum absolute atomic E-state index is 0.214. The zero-order valence-corrected chi connectivity index (χ0v) is 15.0. The second-order valence-electron chi connectivity index (χ2n) is 7.96. The molecule has 0 N–H and O–H groups in total. The molecular formula is C19H22N2O6. The van der Waals surface area contributed by atoms with Crippen molar-refractivity contribution in [3.05, 3.63) is 24.3 Å². The molecule has 0 spiro atoms. The number of imide groups is 2. The van der Waals surface area contributed by atoms with E-state index in [9.17, 15) is 19.2 Å². The molecule has 2 heterocycles. The van der Waals surface area contributed by atoms with E-state index >= 15 is 0 Å². The maximum absolute atomic E-state index is 11.4. The van der Waals surface area contributed by atoms with Crippen molar-refractivity contribution in [3.63, 3.8) is 0 Å². The summed E-state index contributed by atoms with van der Waals surface area (Å²) >= 11 is 0. The first-order valence-corrected chi connectivity index (χ1v) is 9.15. The Morgan fingerprint density at radius 1 is 0.667 bits per heavy atom. The van der Waals surface area contributed by atoms with Gasteiger partial charge in [-0.1, -0.05) is 0 Å². The standard InChI is InChI=1S/C19H22N2O6/c22-14-1-2-15(23)20(14)5-7-26-12-18-9-19(10-18,11-18)13-27-8-6-21-16(24)3-4-17(21)25/h1-4H,5-13H2. The number of rotatable bonds is 10. The van der Waals surface area contributed by atoms with E-state index in [0.717, 1.165) is 19.3 Å².